The lowest BCUT2D eigenvalue weighted by Gasteiger charge is -2.42. The van der Waals surface area contributed by atoms with Gasteiger partial charge in [0.1, 0.15) is 0 Å². The first-order chi connectivity index (χ1) is 9.54. The third-order valence-electron chi connectivity index (χ3n) is 4.38. The molecule has 0 saturated carbocycles. The van der Waals surface area contributed by atoms with Gasteiger partial charge in [-0.05, 0) is 50.9 Å². The van der Waals surface area contributed by atoms with E-state index in [0.717, 1.165) is 18.5 Å². The quantitative estimate of drug-likeness (QED) is 0.889. The zero-order valence-corrected chi connectivity index (χ0v) is 12.7. The lowest BCUT2D eigenvalue weighted by molar-refractivity contribution is 0.0889. The van der Waals surface area contributed by atoms with E-state index in [2.05, 4.69) is 18.7 Å². The highest BCUT2D eigenvalue weighted by molar-refractivity contribution is 5.42. The minimum absolute atomic E-state index is 0.178. The van der Waals surface area contributed by atoms with Crippen LogP contribution in [0.15, 0.2) is 18.2 Å². The van der Waals surface area contributed by atoms with Crippen molar-refractivity contribution >= 4 is 0 Å². The molecule has 112 valence electrons. The van der Waals surface area contributed by atoms with Crippen LogP contribution in [0.4, 0.5) is 0 Å². The van der Waals surface area contributed by atoms with Gasteiger partial charge < -0.3 is 15.6 Å². The molecule has 0 bridgehead atoms. The molecule has 1 heterocycles. The Labute approximate surface area is 121 Å². The van der Waals surface area contributed by atoms with Crippen molar-refractivity contribution in [3.8, 4) is 11.5 Å². The molecule has 4 nitrogen and oxygen atoms in total. The van der Waals surface area contributed by atoms with Crippen molar-refractivity contribution in [2.75, 3.05) is 13.7 Å². The largest absolute Gasteiger partial charge is 0.504 e. The lowest BCUT2D eigenvalue weighted by Crippen LogP contribution is -2.49. The zero-order valence-electron chi connectivity index (χ0n) is 12.7. The fraction of sp³-hybridized carbons (Fsp3) is 0.625. The molecule has 1 aromatic carbocycles. The number of piperidine rings is 1. The Morgan fingerprint density at radius 1 is 1.35 bits per heavy atom. The van der Waals surface area contributed by atoms with Gasteiger partial charge in [-0.2, -0.15) is 0 Å². The van der Waals surface area contributed by atoms with Crippen LogP contribution in [0.1, 0.15) is 44.7 Å². The second-order valence-electron chi connectivity index (χ2n) is 5.77. The Hall–Kier alpha value is -1.26. The van der Waals surface area contributed by atoms with E-state index < -0.39 is 0 Å². The van der Waals surface area contributed by atoms with Gasteiger partial charge in [-0.15, -0.1) is 0 Å². The van der Waals surface area contributed by atoms with Crippen molar-refractivity contribution in [1.29, 1.82) is 0 Å². The summed E-state index contributed by atoms with van der Waals surface area (Å²) >= 11 is 0. The summed E-state index contributed by atoms with van der Waals surface area (Å²) < 4.78 is 5.20. The van der Waals surface area contributed by atoms with E-state index in [1.165, 1.54) is 12.8 Å². The van der Waals surface area contributed by atoms with Crippen LogP contribution >= 0.6 is 0 Å². The third-order valence-corrected chi connectivity index (χ3v) is 4.38. The number of phenols is 1. The maximum absolute atomic E-state index is 9.71. The van der Waals surface area contributed by atoms with Crippen LogP contribution in [0.5, 0.6) is 11.5 Å². The molecule has 2 rings (SSSR count). The molecule has 1 saturated heterocycles. The fourth-order valence-corrected chi connectivity index (χ4v) is 3.17. The van der Waals surface area contributed by atoms with Gasteiger partial charge in [0.05, 0.1) is 7.11 Å². The van der Waals surface area contributed by atoms with Crippen LogP contribution in [0.25, 0.3) is 0 Å². The summed E-state index contributed by atoms with van der Waals surface area (Å²) in [5, 5.41) is 9.71. The van der Waals surface area contributed by atoms with Crippen molar-refractivity contribution in [2.24, 2.45) is 5.73 Å². The minimum Gasteiger partial charge on any atom is -0.504 e. The average Bonchev–Trinajstić information content (AvgIpc) is 2.47. The van der Waals surface area contributed by atoms with E-state index in [4.69, 9.17) is 10.5 Å². The summed E-state index contributed by atoms with van der Waals surface area (Å²) in [6.07, 6.45) is 3.65. The number of likely N-dealkylation sites (tertiary alicyclic amines) is 1. The molecule has 3 unspecified atom stereocenters. The summed E-state index contributed by atoms with van der Waals surface area (Å²) in [5.41, 5.74) is 7.31. The smallest absolute Gasteiger partial charge is 0.160 e. The number of nitrogens with two attached hydrogens (primary N) is 1. The van der Waals surface area contributed by atoms with E-state index in [9.17, 15) is 5.11 Å². The predicted molar refractivity (Wildman–Crippen MR) is 81.1 cm³/mol. The molecule has 1 aliphatic heterocycles. The van der Waals surface area contributed by atoms with Crippen molar-refractivity contribution in [1.82, 2.24) is 4.90 Å². The van der Waals surface area contributed by atoms with Crippen molar-refractivity contribution in [2.45, 2.75) is 51.2 Å². The Balaban J connectivity index is 2.22. The number of methoxy groups -OCH3 is 1. The molecular weight excluding hydrogens is 252 g/mol. The highest BCUT2D eigenvalue weighted by Gasteiger charge is 2.29. The molecule has 3 N–H and O–H groups in total. The molecule has 1 aromatic rings. The number of rotatable bonds is 4. The molecule has 4 heteroatoms. The Bertz CT molecular complexity index is 448. The molecule has 1 aliphatic rings. The third kappa shape index (κ3) is 3.07. The standard InChI is InChI=1S/C16H26N2O2/c1-11(17)14-6-4-5-9-18(14)12(2)13-7-8-15(19)16(10-13)20-3/h7-8,10-12,14,19H,4-6,9,17H2,1-3H3. The highest BCUT2D eigenvalue weighted by atomic mass is 16.5. The van der Waals surface area contributed by atoms with E-state index in [0.29, 0.717) is 11.8 Å². The van der Waals surface area contributed by atoms with Crippen LogP contribution in [0.3, 0.4) is 0 Å². The normalized spacial score (nSPS) is 23.3. The molecule has 20 heavy (non-hydrogen) atoms. The average molecular weight is 278 g/mol. The molecular formula is C16H26N2O2. The number of ether oxygens (including phenoxy) is 1. The van der Waals surface area contributed by atoms with Gasteiger partial charge in [0.2, 0.25) is 0 Å². The van der Waals surface area contributed by atoms with Gasteiger partial charge in [0.25, 0.3) is 0 Å². The van der Waals surface area contributed by atoms with Crippen LogP contribution in [0, 0.1) is 0 Å². The second-order valence-corrected chi connectivity index (χ2v) is 5.77. The molecule has 3 atom stereocenters. The second kappa shape index (κ2) is 6.46. The summed E-state index contributed by atoms with van der Waals surface area (Å²) in [6, 6.07) is 6.48. The molecule has 0 spiro atoms. The number of phenolic OH excluding ortho intramolecular Hbond substituents is 1. The monoisotopic (exact) mass is 278 g/mol. The van der Waals surface area contributed by atoms with Crippen molar-refractivity contribution in [3.63, 3.8) is 0 Å². The molecule has 0 aliphatic carbocycles. The number of hydrogen-bond donors (Lipinski definition) is 2. The SMILES string of the molecule is COc1cc(C(C)N2CCCCC2C(C)N)ccc1O. The summed E-state index contributed by atoms with van der Waals surface area (Å²) in [4.78, 5) is 2.49. The summed E-state index contributed by atoms with van der Waals surface area (Å²) in [6.45, 7) is 5.37. The zero-order chi connectivity index (χ0) is 14.7. The molecule has 1 fully saturated rings. The van der Waals surface area contributed by atoms with Gasteiger partial charge in [-0.3, -0.25) is 4.90 Å². The molecule has 0 aromatic heterocycles. The first-order valence-corrected chi connectivity index (χ1v) is 7.42. The highest BCUT2D eigenvalue weighted by Crippen LogP contribution is 2.34. The molecule has 0 radical (unpaired) electrons. The summed E-state index contributed by atoms with van der Waals surface area (Å²) in [5.74, 6) is 0.717. The van der Waals surface area contributed by atoms with Crippen LogP contribution in [-0.2, 0) is 0 Å². The Kier molecular flexibility index (Phi) is 4.89. The number of hydrogen-bond acceptors (Lipinski definition) is 4. The van der Waals surface area contributed by atoms with Gasteiger partial charge in [-0.25, -0.2) is 0 Å². The van der Waals surface area contributed by atoms with Gasteiger partial charge in [0, 0.05) is 18.1 Å². The first-order valence-electron chi connectivity index (χ1n) is 7.42. The predicted octanol–water partition coefficient (Wildman–Crippen LogP) is 2.66. The molecule has 0 amide bonds. The van der Waals surface area contributed by atoms with Crippen LogP contribution < -0.4 is 10.5 Å². The number of nitrogens with zero attached hydrogens (tertiary/aromatic N) is 1. The van der Waals surface area contributed by atoms with Crippen LogP contribution in [0.2, 0.25) is 0 Å². The van der Waals surface area contributed by atoms with Crippen molar-refractivity contribution < 1.29 is 9.84 Å². The van der Waals surface area contributed by atoms with E-state index in [-0.39, 0.29) is 17.8 Å². The Morgan fingerprint density at radius 2 is 2.10 bits per heavy atom. The maximum atomic E-state index is 9.71. The maximum Gasteiger partial charge on any atom is 0.160 e. The number of aromatic hydroxyl groups is 1. The Morgan fingerprint density at radius 3 is 2.75 bits per heavy atom. The van der Waals surface area contributed by atoms with Gasteiger partial charge >= 0.3 is 0 Å². The van der Waals surface area contributed by atoms with E-state index >= 15 is 0 Å². The number of benzene rings is 1. The fourth-order valence-electron chi connectivity index (χ4n) is 3.17. The first kappa shape index (κ1) is 15.1. The lowest BCUT2D eigenvalue weighted by atomic mass is 9.93. The van der Waals surface area contributed by atoms with Crippen LogP contribution in [-0.4, -0.2) is 35.7 Å². The van der Waals surface area contributed by atoms with Gasteiger partial charge in [-0.1, -0.05) is 12.5 Å². The topological polar surface area (TPSA) is 58.7 Å². The van der Waals surface area contributed by atoms with E-state index in [1.54, 1.807) is 13.2 Å². The van der Waals surface area contributed by atoms with Crippen molar-refractivity contribution in [3.05, 3.63) is 23.8 Å². The van der Waals surface area contributed by atoms with E-state index in [1.807, 2.05) is 12.1 Å². The minimum atomic E-state index is 0.178. The summed E-state index contributed by atoms with van der Waals surface area (Å²) in [7, 11) is 1.58. The van der Waals surface area contributed by atoms with Gasteiger partial charge in [0.15, 0.2) is 11.5 Å².